The number of fused-ring (bicyclic) bond motifs is 1. The molecule has 1 aromatic heterocycles. The Bertz CT molecular complexity index is 662. The second-order valence-corrected chi connectivity index (χ2v) is 5.64. The molecule has 0 saturated carbocycles. The Morgan fingerprint density at radius 3 is 2.86 bits per heavy atom. The van der Waals surface area contributed by atoms with Crippen molar-refractivity contribution in [1.82, 2.24) is 5.32 Å². The van der Waals surface area contributed by atoms with E-state index in [2.05, 4.69) is 5.32 Å². The Labute approximate surface area is 123 Å². The number of halogens is 1. The fourth-order valence-electron chi connectivity index (χ4n) is 2.41. The van der Waals surface area contributed by atoms with Gasteiger partial charge in [0.2, 0.25) is 5.91 Å². The topological polar surface area (TPSA) is 68.3 Å². The van der Waals surface area contributed by atoms with Crippen molar-refractivity contribution < 1.29 is 13.6 Å². The Morgan fingerprint density at radius 1 is 1.48 bits per heavy atom. The molecule has 0 aliphatic carbocycles. The number of hydrogen-bond acceptors (Lipinski definition) is 3. The SMILES string of the molecule is CCCC(C)(N)C(=O)NCc1oc2ccc(F)cc2c1C. The lowest BCUT2D eigenvalue weighted by molar-refractivity contribution is -0.126. The summed E-state index contributed by atoms with van der Waals surface area (Å²) in [5.74, 6) is 0.103. The normalized spacial score (nSPS) is 14.1. The first kappa shape index (κ1) is 15.5. The molecule has 1 atom stereocenters. The van der Waals surface area contributed by atoms with Crippen LogP contribution < -0.4 is 11.1 Å². The summed E-state index contributed by atoms with van der Waals surface area (Å²) in [7, 11) is 0. The number of nitrogens with one attached hydrogen (secondary N) is 1. The number of rotatable bonds is 5. The van der Waals surface area contributed by atoms with Crippen LogP contribution in [0.3, 0.4) is 0 Å². The second-order valence-electron chi connectivity index (χ2n) is 5.64. The van der Waals surface area contributed by atoms with Crippen molar-refractivity contribution in [3.05, 3.63) is 35.3 Å². The zero-order valence-electron chi connectivity index (χ0n) is 12.6. The summed E-state index contributed by atoms with van der Waals surface area (Å²) >= 11 is 0. The highest BCUT2D eigenvalue weighted by Crippen LogP contribution is 2.26. The molecule has 1 aromatic carbocycles. The largest absolute Gasteiger partial charge is 0.459 e. The first-order valence-corrected chi connectivity index (χ1v) is 7.10. The quantitative estimate of drug-likeness (QED) is 0.890. The Balaban J connectivity index is 2.14. The Hall–Kier alpha value is -1.88. The van der Waals surface area contributed by atoms with E-state index in [1.165, 1.54) is 12.1 Å². The molecule has 0 spiro atoms. The van der Waals surface area contributed by atoms with E-state index >= 15 is 0 Å². The summed E-state index contributed by atoms with van der Waals surface area (Å²) in [6, 6.07) is 4.38. The minimum Gasteiger partial charge on any atom is -0.459 e. The van der Waals surface area contributed by atoms with Gasteiger partial charge in [0.25, 0.3) is 0 Å². The molecule has 114 valence electrons. The first-order valence-electron chi connectivity index (χ1n) is 7.10. The zero-order valence-corrected chi connectivity index (χ0v) is 12.6. The average Bonchev–Trinajstić information content (AvgIpc) is 2.73. The van der Waals surface area contributed by atoms with Gasteiger partial charge in [-0.2, -0.15) is 0 Å². The predicted octanol–water partition coefficient (Wildman–Crippen LogP) is 3.01. The van der Waals surface area contributed by atoms with Gasteiger partial charge < -0.3 is 15.5 Å². The molecule has 0 bridgehead atoms. The molecule has 21 heavy (non-hydrogen) atoms. The highest BCUT2D eigenvalue weighted by atomic mass is 19.1. The summed E-state index contributed by atoms with van der Waals surface area (Å²) in [6.45, 7) is 5.79. The monoisotopic (exact) mass is 292 g/mol. The fraction of sp³-hybridized carbons (Fsp3) is 0.438. The maximum Gasteiger partial charge on any atom is 0.240 e. The third kappa shape index (κ3) is 3.24. The Morgan fingerprint density at radius 2 is 2.19 bits per heavy atom. The number of furan rings is 1. The second kappa shape index (κ2) is 5.85. The van der Waals surface area contributed by atoms with Crippen LogP contribution in [-0.4, -0.2) is 11.4 Å². The van der Waals surface area contributed by atoms with Gasteiger partial charge in [-0.25, -0.2) is 4.39 Å². The molecule has 2 rings (SSSR count). The fourth-order valence-corrected chi connectivity index (χ4v) is 2.41. The van der Waals surface area contributed by atoms with Crippen molar-refractivity contribution in [2.24, 2.45) is 5.73 Å². The van der Waals surface area contributed by atoms with Gasteiger partial charge in [-0.3, -0.25) is 4.79 Å². The van der Waals surface area contributed by atoms with Crippen molar-refractivity contribution in [2.45, 2.75) is 45.7 Å². The molecule has 0 aliphatic rings. The maximum absolute atomic E-state index is 13.3. The van der Waals surface area contributed by atoms with Gasteiger partial charge in [0.1, 0.15) is 17.2 Å². The van der Waals surface area contributed by atoms with E-state index in [1.54, 1.807) is 13.0 Å². The zero-order chi connectivity index (χ0) is 15.6. The van der Waals surface area contributed by atoms with E-state index in [1.807, 2.05) is 13.8 Å². The van der Waals surface area contributed by atoms with Crippen molar-refractivity contribution >= 4 is 16.9 Å². The summed E-state index contributed by atoms with van der Waals surface area (Å²) in [5, 5.41) is 3.51. The third-order valence-electron chi connectivity index (χ3n) is 3.69. The summed E-state index contributed by atoms with van der Waals surface area (Å²) in [6.07, 6.45) is 1.45. The smallest absolute Gasteiger partial charge is 0.240 e. The summed E-state index contributed by atoms with van der Waals surface area (Å²) in [5.41, 5.74) is 6.53. The van der Waals surface area contributed by atoms with Gasteiger partial charge >= 0.3 is 0 Å². The first-order chi connectivity index (χ1) is 9.85. The van der Waals surface area contributed by atoms with Crippen LogP contribution in [0.15, 0.2) is 22.6 Å². The minimum atomic E-state index is -0.888. The molecule has 0 fully saturated rings. The molecule has 3 N–H and O–H groups in total. The molecule has 4 nitrogen and oxygen atoms in total. The van der Waals surface area contributed by atoms with Gasteiger partial charge in [-0.15, -0.1) is 0 Å². The van der Waals surface area contributed by atoms with E-state index in [0.717, 1.165) is 17.4 Å². The number of benzene rings is 1. The molecule has 1 unspecified atom stereocenters. The highest BCUT2D eigenvalue weighted by molar-refractivity contribution is 5.86. The van der Waals surface area contributed by atoms with Crippen LogP contribution in [0.4, 0.5) is 4.39 Å². The van der Waals surface area contributed by atoms with Crippen LogP contribution in [0.5, 0.6) is 0 Å². The lowest BCUT2D eigenvalue weighted by Gasteiger charge is -2.22. The van der Waals surface area contributed by atoms with Gasteiger partial charge in [0.15, 0.2) is 0 Å². The predicted molar refractivity (Wildman–Crippen MR) is 80.3 cm³/mol. The molecule has 1 heterocycles. The number of carbonyl (C=O) groups excluding carboxylic acids is 1. The average molecular weight is 292 g/mol. The lowest BCUT2D eigenvalue weighted by atomic mass is 9.96. The van der Waals surface area contributed by atoms with E-state index in [-0.39, 0.29) is 18.3 Å². The van der Waals surface area contributed by atoms with Crippen LogP contribution in [0.2, 0.25) is 0 Å². The van der Waals surface area contributed by atoms with Crippen LogP contribution in [0.25, 0.3) is 11.0 Å². The van der Waals surface area contributed by atoms with E-state index < -0.39 is 5.54 Å². The van der Waals surface area contributed by atoms with Crippen molar-refractivity contribution in [3.8, 4) is 0 Å². The molecule has 1 amide bonds. The van der Waals surface area contributed by atoms with E-state index in [4.69, 9.17) is 10.2 Å². The van der Waals surface area contributed by atoms with Crippen molar-refractivity contribution in [3.63, 3.8) is 0 Å². The van der Waals surface area contributed by atoms with Gasteiger partial charge in [-0.05, 0) is 38.5 Å². The van der Waals surface area contributed by atoms with Gasteiger partial charge in [0.05, 0.1) is 12.1 Å². The van der Waals surface area contributed by atoms with Crippen molar-refractivity contribution in [2.75, 3.05) is 0 Å². The molecule has 0 saturated heterocycles. The van der Waals surface area contributed by atoms with E-state index in [0.29, 0.717) is 17.8 Å². The standard InChI is InChI=1S/C16H21FN2O2/c1-4-7-16(3,18)15(20)19-9-14-10(2)12-8-11(17)5-6-13(12)21-14/h5-6,8H,4,7,9,18H2,1-3H3,(H,19,20). The van der Waals surface area contributed by atoms with Gasteiger partial charge in [0, 0.05) is 10.9 Å². The van der Waals surface area contributed by atoms with Gasteiger partial charge in [-0.1, -0.05) is 13.3 Å². The maximum atomic E-state index is 13.3. The lowest BCUT2D eigenvalue weighted by Crippen LogP contribution is -2.51. The molecular weight excluding hydrogens is 271 g/mol. The highest BCUT2D eigenvalue weighted by Gasteiger charge is 2.27. The number of nitrogens with two attached hydrogens (primary N) is 1. The summed E-state index contributed by atoms with van der Waals surface area (Å²) in [4.78, 5) is 12.1. The number of carbonyl (C=O) groups is 1. The molecular formula is C16H21FN2O2. The number of aryl methyl sites for hydroxylation is 1. The van der Waals surface area contributed by atoms with Crippen LogP contribution >= 0.6 is 0 Å². The molecule has 5 heteroatoms. The van der Waals surface area contributed by atoms with E-state index in [9.17, 15) is 9.18 Å². The molecule has 2 aromatic rings. The third-order valence-corrected chi connectivity index (χ3v) is 3.69. The van der Waals surface area contributed by atoms with Crippen molar-refractivity contribution in [1.29, 1.82) is 0 Å². The molecule has 0 aliphatic heterocycles. The molecule has 0 radical (unpaired) electrons. The van der Waals surface area contributed by atoms with Crippen LogP contribution in [-0.2, 0) is 11.3 Å². The number of hydrogen-bond donors (Lipinski definition) is 2. The van der Waals surface area contributed by atoms with Crippen LogP contribution in [0.1, 0.15) is 38.0 Å². The minimum absolute atomic E-state index is 0.213. The Kier molecular flexibility index (Phi) is 4.32. The summed E-state index contributed by atoms with van der Waals surface area (Å²) < 4.78 is 18.9. The van der Waals surface area contributed by atoms with Crippen LogP contribution in [0, 0.1) is 12.7 Å². The number of amides is 1.